The maximum atomic E-state index is 12.0. The SMILES string of the molecule is Cc1ccc(C(C)NC(=O)NCC(O)c2cc3ccccc3s2)o1. The third-order valence-corrected chi connectivity index (χ3v) is 4.98. The van der Waals surface area contributed by atoms with Crippen LogP contribution in [0.25, 0.3) is 10.1 Å². The van der Waals surface area contributed by atoms with Crippen LogP contribution >= 0.6 is 11.3 Å². The van der Waals surface area contributed by atoms with Gasteiger partial charge >= 0.3 is 6.03 Å². The molecule has 0 aliphatic rings. The summed E-state index contributed by atoms with van der Waals surface area (Å²) in [7, 11) is 0. The van der Waals surface area contributed by atoms with Gasteiger partial charge in [-0.25, -0.2) is 4.79 Å². The monoisotopic (exact) mass is 344 g/mol. The molecule has 0 spiro atoms. The second kappa shape index (κ2) is 7.07. The molecule has 24 heavy (non-hydrogen) atoms. The van der Waals surface area contributed by atoms with Gasteiger partial charge in [-0.3, -0.25) is 0 Å². The molecule has 2 aromatic heterocycles. The van der Waals surface area contributed by atoms with Gasteiger partial charge in [0, 0.05) is 9.58 Å². The lowest BCUT2D eigenvalue weighted by Crippen LogP contribution is -2.38. The van der Waals surface area contributed by atoms with E-state index in [4.69, 9.17) is 4.42 Å². The van der Waals surface area contributed by atoms with Crippen LogP contribution < -0.4 is 10.6 Å². The van der Waals surface area contributed by atoms with E-state index >= 15 is 0 Å². The molecule has 6 heteroatoms. The number of rotatable bonds is 5. The van der Waals surface area contributed by atoms with Gasteiger partial charge in [-0.2, -0.15) is 0 Å². The van der Waals surface area contributed by atoms with Crippen molar-refractivity contribution in [2.24, 2.45) is 0 Å². The number of aliphatic hydroxyl groups excluding tert-OH is 1. The van der Waals surface area contributed by atoms with Gasteiger partial charge in [0.1, 0.15) is 17.6 Å². The lowest BCUT2D eigenvalue weighted by Gasteiger charge is -2.14. The fraction of sp³-hybridized carbons (Fsp3) is 0.278. The molecule has 0 aliphatic carbocycles. The molecule has 0 fully saturated rings. The third-order valence-electron chi connectivity index (χ3n) is 3.76. The van der Waals surface area contributed by atoms with Crippen molar-refractivity contribution in [2.45, 2.75) is 26.0 Å². The van der Waals surface area contributed by atoms with Gasteiger partial charge in [0.15, 0.2) is 0 Å². The summed E-state index contributed by atoms with van der Waals surface area (Å²) in [6.07, 6.45) is -0.727. The first-order valence-electron chi connectivity index (χ1n) is 7.80. The van der Waals surface area contributed by atoms with Crippen molar-refractivity contribution in [2.75, 3.05) is 6.54 Å². The molecule has 0 bridgehead atoms. The van der Waals surface area contributed by atoms with E-state index in [1.54, 1.807) is 0 Å². The molecule has 3 rings (SSSR count). The molecule has 0 aliphatic heterocycles. The summed E-state index contributed by atoms with van der Waals surface area (Å²) < 4.78 is 6.61. The van der Waals surface area contributed by atoms with Crippen LogP contribution in [0.1, 0.15) is 35.5 Å². The molecule has 2 atom stereocenters. The number of aryl methyl sites for hydroxylation is 1. The standard InChI is InChI=1S/C18H20N2O3S/c1-11-7-8-15(23-11)12(2)20-18(22)19-10-14(21)17-9-13-5-3-4-6-16(13)24-17/h3-9,12,14,21H,10H2,1-2H3,(H2,19,20,22). The quantitative estimate of drug-likeness (QED) is 0.657. The number of benzene rings is 1. The first-order valence-corrected chi connectivity index (χ1v) is 8.62. The lowest BCUT2D eigenvalue weighted by atomic mass is 10.2. The molecule has 2 heterocycles. The molecular weight excluding hydrogens is 324 g/mol. The highest BCUT2D eigenvalue weighted by Gasteiger charge is 2.15. The minimum absolute atomic E-state index is 0.155. The molecule has 0 saturated carbocycles. The normalized spacial score (nSPS) is 13.6. The number of urea groups is 1. The highest BCUT2D eigenvalue weighted by Crippen LogP contribution is 2.29. The van der Waals surface area contributed by atoms with Gasteiger partial charge < -0.3 is 20.2 Å². The van der Waals surface area contributed by atoms with Crippen LogP contribution in [0.3, 0.4) is 0 Å². The fourth-order valence-corrected chi connectivity index (χ4v) is 3.51. The van der Waals surface area contributed by atoms with Crippen molar-refractivity contribution in [1.29, 1.82) is 0 Å². The second-order valence-electron chi connectivity index (χ2n) is 5.73. The molecule has 3 aromatic rings. The highest BCUT2D eigenvalue weighted by molar-refractivity contribution is 7.19. The van der Waals surface area contributed by atoms with E-state index in [9.17, 15) is 9.90 Å². The van der Waals surface area contributed by atoms with Gasteiger partial charge in [-0.15, -0.1) is 11.3 Å². The number of furan rings is 1. The molecular formula is C18H20N2O3S. The average molecular weight is 344 g/mol. The summed E-state index contributed by atoms with van der Waals surface area (Å²) in [6.45, 7) is 3.86. The predicted molar refractivity (Wildman–Crippen MR) is 95.2 cm³/mol. The summed E-state index contributed by atoms with van der Waals surface area (Å²) in [5, 5.41) is 16.9. The molecule has 2 unspecified atom stereocenters. The van der Waals surface area contributed by atoms with Crippen LogP contribution in [-0.2, 0) is 0 Å². The van der Waals surface area contributed by atoms with Crippen molar-refractivity contribution in [3.05, 3.63) is 58.9 Å². The maximum absolute atomic E-state index is 12.0. The minimum atomic E-state index is -0.727. The zero-order chi connectivity index (χ0) is 17.1. The Kier molecular flexibility index (Phi) is 4.87. The average Bonchev–Trinajstić information content (AvgIpc) is 3.18. The number of nitrogens with one attached hydrogen (secondary N) is 2. The number of carbonyl (C=O) groups excluding carboxylic acids is 1. The topological polar surface area (TPSA) is 74.5 Å². The van der Waals surface area contributed by atoms with Crippen LogP contribution in [-0.4, -0.2) is 17.7 Å². The van der Waals surface area contributed by atoms with Crippen molar-refractivity contribution in [3.8, 4) is 0 Å². The Morgan fingerprint density at radius 3 is 2.79 bits per heavy atom. The Morgan fingerprint density at radius 1 is 1.29 bits per heavy atom. The van der Waals surface area contributed by atoms with Gasteiger partial charge in [0.05, 0.1) is 12.6 Å². The second-order valence-corrected chi connectivity index (χ2v) is 6.84. The smallest absolute Gasteiger partial charge is 0.315 e. The molecule has 2 amide bonds. The molecule has 0 radical (unpaired) electrons. The first-order chi connectivity index (χ1) is 11.5. The summed E-state index contributed by atoms with van der Waals surface area (Å²) in [5.74, 6) is 1.51. The van der Waals surface area contributed by atoms with Crippen LogP contribution in [0.4, 0.5) is 4.79 Å². The summed E-state index contributed by atoms with van der Waals surface area (Å²) in [6, 6.07) is 13.0. The maximum Gasteiger partial charge on any atom is 0.315 e. The Balaban J connectivity index is 1.53. The Labute approximate surface area is 144 Å². The van der Waals surface area contributed by atoms with Crippen LogP contribution in [0, 0.1) is 6.92 Å². The zero-order valence-corrected chi connectivity index (χ0v) is 14.4. The Morgan fingerprint density at radius 2 is 2.08 bits per heavy atom. The third kappa shape index (κ3) is 3.77. The number of aliphatic hydroxyl groups is 1. The minimum Gasteiger partial charge on any atom is -0.464 e. The van der Waals surface area contributed by atoms with Crippen LogP contribution in [0.15, 0.2) is 46.9 Å². The van der Waals surface area contributed by atoms with E-state index in [0.717, 1.165) is 20.7 Å². The van der Waals surface area contributed by atoms with E-state index < -0.39 is 6.10 Å². The van der Waals surface area contributed by atoms with E-state index in [0.29, 0.717) is 5.76 Å². The van der Waals surface area contributed by atoms with Crippen molar-refractivity contribution < 1.29 is 14.3 Å². The molecule has 126 valence electrons. The van der Waals surface area contributed by atoms with Crippen molar-refractivity contribution in [1.82, 2.24) is 10.6 Å². The summed E-state index contributed by atoms with van der Waals surface area (Å²) in [4.78, 5) is 12.8. The van der Waals surface area contributed by atoms with E-state index in [1.807, 2.05) is 56.3 Å². The first kappa shape index (κ1) is 16.5. The number of thiophene rings is 1. The zero-order valence-electron chi connectivity index (χ0n) is 13.6. The summed E-state index contributed by atoms with van der Waals surface area (Å²) in [5.41, 5.74) is 0. The number of carbonyl (C=O) groups is 1. The number of hydrogen-bond acceptors (Lipinski definition) is 4. The van der Waals surface area contributed by atoms with Gasteiger partial charge in [0.2, 0.25) is 0 Å². The number of fused-ring (bicyclic) bond motifs is 1. The molecule has 3 N–H and O–H groups in total. The molecule has 0 saturated heterocycles. The van der Waals surface area contributed by atoms with Gasteiger partial charge in [0.25, 0.3) is 0 Å². The Hall–Kier alpha value is -2.31. The highest BCUT2D eigenvalue weighted by atomic mass is 32.1. The van der Waals surface area contributed by atoms with Crippen molar-refractivity contribution >= 4 is 27.5 Å². The van der Waals surface area contributed by atoms with Crippen LogP contribution in [0.2, 0.25) is 0 Å². The van der Waals surface area contributed by atoms with E-state index in [-0.39, 0.29) is 18.6 Å². The van der Waals surface area contributed by atoms with Gasteiger partial charge in [-0.05, 0) is 43.5 Å². The lowest BCUT2D eigenvalue weighted by molar-refractivity contribution is 0.175. The molecule has 1 aromatic carbocycles. The van der Waals surface area contributed by atoms with E-state index in [2.05, 4.69) is 10.6 Å². The van der Waals surface area contributed by atoms with Crippen LogP contribution in [0.5, 0.6) is 0 Å². The van der Waals surface area contributed by atoms with E-state index in [1.165, 1.54) is 11.3 Å². The van der Waals surface area contributed by atoms with Crippen molar-refractivity contribution in [3.63, 3.8) is 0 Å². The number of amides is 2. The number of hydrogen-bond donors (Lipinski definition) is 3. The largest absolute Gasteiger partial charge is 0.464 e. The predicted octanol–water partition coefficient (Wildman–Crippen LogP) is 3.90. The molecule has 5 nitrogen and oxygen atoms in total. The summed E-state index contributed by atoms with van der Waals surface area (Å²) >= 11 is 1.53. The Bertz CT molecular complexity index is 807. The fourth-order valence-electron chi connectivity index (χ4n) is 2.46. The van der Waals surface area contributed by atoms with Gasteiger partial charge in [-0.1, -0.05) is 18.2 Å².